The molecule has 0 N–H and O–H groups in total. The summed E-state index contributed by atoms with van der Waals surface area (Å²) in [6.45, 7) is 9.80. The van der Waals surface area contributed by atoms with Gasteiger partial charge in [-0.05, 0) is 31.4 Å². The zero-order valence-electron chi connectivity index (χ0n) is 9.41. The summed E-state index contributed by atoms with van der Waals surface area (Å²) in [5, 5.41) is 0. The number of rotatable bonds is 1. The summed E-state index contributed by atoms with van der Waals surface area (Å²) in [4.78, 5) is 6.91. The van der Waals surface area contributed by atoms with Gasteiger partial charge in [0, 0.05) is 12.7 Å². The van der Waals surface area contributed by atoms with E-state index in [1.807, 2.05) is 0 Å². The van der Waals surface area contributed by atoms with Crippen LogP contribution >= 0.6 is 0 Å². The highest BCUT2D eigenvalue weighted by Crippen LogP contribution is 2.26. The number of allylic oxidation sites excluding steroid dienone is 2. The van der Waals surface area contributed by atoms with Gasteiger partial charge in [-0.2, -0.15) is 0 Å². The molecule has 0 spiro atoms. The molecule has 0 amide bonds. The molecule has 0 saturated carbocycles. The van der Waals surface area contributed by atoms with Crippen LogP contribution in [0, 0.1) is 5.92 Å². The molecule has 0 aromatic carbocycles. The molecule has 2 rings (SSSR count). The highest BCUT2D eigenvalue weighted by Gasteiger charge is 2.30. The summed E-state index contributed by atoms with van der Waals surface area (Å²) in [5.74, 6) is 1.70. The maximum Gasteiger partial charge on any atom is 0.128 e. The number of nitrogens with zero attached hydrogens (tertiary/aromatic N) is 2. The fourth-order valence-corrected chi connectivity index (χ4v) is 1.89. The first-order valence-corrected chi connectivity index (χ1v) is 5.24. The van der Waals surface area contributed by atoms with E-state index in [0.29, 0.717) is 5.92 Å². The molecule has 0 bridgehead atoms. The third-order valence-electron chi connectivity index (χ3n) is 2.67. The van der Waals surface area contributed by atoms with Crippen molar-refractivity contribution in [2.24, 2.45) is 10.9 Å². The largest absolute Gasteiger partial charge is 0.331 e. The van der Waals surface area contributed by atoms with Crippen molar-refractivity contribution in [2.75, 3.05) is 6.54 Å². The van der Waals surface area contributed by atoms with Gasteiger partial charge in [-0.1, -0.05) is 19.9 Å². The smallest absolute Gasteiger partial charge is 0.128 e. The monoisotopic (exact) mass is 190 g/mol. The van der Waals surface area contributed by atoms with Crippen molar-refractivity contribution >= 4 is 5.84 Å². The molecule has 0 unspecified atom stereocenters. The maximum atomic E-state index is 4.65. The molecule has 0 fully saturated rings. The third-order valence-corrected chi connectivity index (χ3v) is 2.67. The van der Waals surface area contributed by atoms with Crippen molar-refractivity contribution in [1.82, 2.24) is 4.90 Å². The molecule has 2 aliphatic heterocycles. The molecule has 0 radical (unpaired) electrons. The molecule has 0 aliphatic carbocycles. The van der Waals surface area contributed by atoms with E-state index in [-0.39, 0.29) is 5.54 Å². The van der Waals surface area contributed by atoms with Gasteiger partial charge in [-0.25, -0.2) is 0 Å². The molecule has 2 heterocycles. The van der Waals surface area contributed by atoms with E-state index < -0.39 is 0 Å². The van der Waals surface area contributed by atoms with E-state index in [9.17, 15) is 0 Å². The van der Waals surface area contributed by atoms with Crippen LogP contribution in [0.1, 0.15) is 27.7 Å². The average molecular weight is 190 g/mol. The molecule has 0 atom stereocenters. The van der Waals surface area contributed by atoms with E-state index in [1.165, 1.54) is 5.57 Å². The van der Waals surface area contributed by atoms with Gasteiger partial charge < -0.3 is 4.90 Å². The summed E-state index contributed by atoms with van der Waals surface area (Å²) in [7, 11) is 0. The van der Waals surface area contributed by atoms with Crippen molar-refractivity contribution in [3.63, 3.8) is 0 Å². The standard InChI is InChI=1S/C12H18N2/c1-9(2)10-5-6-11-13-12(3,4)8-14(11)7-10/h5-7,9H,8H2,1-4H3. The van der Waals surface area contributed by atoms with E-state index >= 15 is 0 Å². The van der Waals surface area contributed by atoms with Crippen molar-refractivity contribution in [3.05, 3.63) is 23.9 Å². The second-order valence-corrected chi connectivity index (χ2v) is 5.03. The number of hydrogen-bond donors (Lipinski definition) is 0. The van der Waals surface area contributed by atoms with Crippen LogP contribution in [0.5, 0.6) is 0 Å². The predicted molar refractivity (Wildman–Crippen MR) is 60.3 cm³/mol. The Hall–Kier alpha value is -1.05. The third kappa shape index (κ3) is 1.61. The molecular weight excluding hydrogens is 172 g/mol. The lowest BCUT2D eigenvalue weighted by molar-refractivity contribution is 0.447. The van der Waals surface area contributed by atoms with Crippen LogP contribution in [0.15, 0.2) is 28.9 Å². The molecular formula is C12H18N2. The number of hydrogen-bond acceptors (Lipinski definition) is 2. The van der Waals surface area contributed by atoms with Crippen LogP contribution in [-0.4, -0.2) is 22.8 Å². The fourth-order valence-electron chi connectivity index (χ4n) is 1.89. The fraction of sp³-hybridized carbons (Fsp3) is 0.583. The molecule has 2 heteroatoms. The molecule has 0 saturated heterocycles. The lowest BCUT2D eigenvalue weighted by atomic mass is 10.0. The lowest BCUT2D eigenvalue weighted by Crippen LogP contribution is -2.29. The van der Waals surface area contributed by atoms with Crippen molar-refractivity contribution in [3.8, 4) is 0 Å². The summed E-state index contributed by atoms with van der Waals surface area (Å²) >= 11 is 0. The van der Waals surface area contributed by atoms with Crippen LogP contribution in [0.4, 0.5) is 0 Å². The van der Waals surface area contributed by atoms with E-state index in [4.69, 9.17) is 0 Å². The first kappa shape index (κ1) is 9.50. The van der Waals surface area contributed by atoms with Gasteiger partial charge in [-0.15, -0.1) is 0 Å². The van der Waals surface area contributed by atoms with E-state index in [1.54, 1.807) is 0 Å². The van der Waals surface area contributed by atoms with Gasteiger partial charge in [0.15, 0.2) is 0 Å². The van der Waals surface area contributed by atoms with Gasteiger partial charge >= 0.3 is 0 Å². The van der Waals surface area contributed by atoms with Crippen molar-refractivity contribution in [1.29, 1.82) is 0 Å². The van der Waals surface area contributed by atoms with Crippen LogP contribution in [0.3, 0.4) is 0 Å². The lowest BCUT2D eigenvalue weighted by Gasteiger charge is -2.22. The Morgan fingerprint density at radius 3 is 2.71 bits per heavy atom. The summed E-state index contributed by atoms with van der Waals surface area (Å²) in [6, 6.07) is 0. The average Bonchev–Trinajstić information content (AvgIpc) is 2.36. The molecule has 14 heavy (non-hydrogen) atoms. The van der Waals surface area contributed by atoms with Gasteiger partial charge in [-0.3, -0.25) is 4.99 Å². The van der Waals surface area contributed by atoms with Crippen molar-refractivity contribution < 1.29 is 0 Å². The van der Waals surface area contributed by atoms with Crippen LogP contribution in [-0.2, 0) is 0 Å². The second-order valence-electron chi connectivity index (χ2n) is 5.03. The molecule has 0 aromatic rings. The zero-order valence-corrected chi connectivity index (χ0v) is 9.41. The Balaban J connectivity index is 2.26. The molecule has 76 valence electrons. The molecule has 2 nitrogen and oxygen atoms in total. The minimum Gasteiger partial charge on any atom is -0.331 e. The van der Waals surface area contributed by atoms with Gasteiger partial charge in [0.1, 0.15) is 5.84 Å². The Labute approximate surface area is 86.0 Å². The zero-order chi connectivity index (χ0) is 10.3. The van der Waals surface area contributed by atoms with Gasteiger partial charge in [0.05, 0.1) is 5.54 Å². The molecule has 0 aromatic heterocycles. The van der Waals surface area contributed by atoms with Crippen LogP contribution < -0.4 is 0 Å². The normalized spacial score (nSPS) is 23.6. The highest BCUT2D eigenvalue weighted by molar-refractivity contribution is 5.97. The van der Waals surface area contributed by atoms with Crippen molar-refractivity contribution in [2.45, 2.75) is 33.2 Å². The topological polar surface area (TPSA) is 15.6 Å². The van der Waals surface area contributed by atoms with Gasteiger partial charge in [0.25, 0.3) is 0 Å². The first-order chi connectivity index (χ1) is 6.48. The Kier molecular flexibility index (Phi) is 2.02. The Morgan fingerprint density at radius 1 is 1.36 bits per heavy atom. The highest BCUT2D eigenvalue weighted by atomic mass is 15.3. The van der Waals surface area contributed by atoms with E-state index in [2.05, 4.69) is 55.9 Å². The van der Waals surface area contributed by atoms with Gasteiger partial charge in [0.2, 0.25) is 0 Å². The number of amidine groups is 1. The predicted octanol–water partition coefficient (Wildman–Crippen LogP) is 2.59. The summed E-state index contributed by atoms with van der Waals surface area (Å²) in [5.41, 5.74) is 1.46. The summed E-state index contributed by atoms with van der Waals surface area (Å²) in [6.07, 6.45) is 6.55. The minimum absolute atomic E-state index is 0.0720. The quantitative estimate of drug-likeness (QED) is 0.620. The first-order valence-electron chi connectivity index (χ1n) is 5.24. The Morgan fingerprint density at radius 2 is 2.07 bits per heavy atom. The summed E-state index contributed by atoms with van der Waals surface area (Å²) < 4.78 is 0. The number of fused-ring (bicyclic) bond motifs is 1. The second kappa shape index (κ2) is 2.97. The minimum atomic E-state index is 0.0720. The molecule has 2 aliphatic rings. The van der Waals surface area contributed by atoms with Crippen LogP contribution in [0.2, 0.25) is 0 Å². The SMILES string of the molecule is CC(C)C1=CN2CC(C)(C)N=C2C=C1. The van der Waals surface area contributed by atoms with Crippen LogP contribution in [0.25, 0.3) is 0 Å². The van der Waals surface area contributed by atoms with E-state index in [0.717, 1.165) is 12.4 Å². The number of aliphatic imine (C=N–C) groups is 1. The Bertz CT molecular complexity index is 332. The maximum absolute atomic E-state index is 4.65.